The molecule has 0 bridgehead atoms. The van der Waals surface area contributed by atoms with Gasteiger partial charge in [0.1, 0.15) is 5.60 Å². The minimum Gasteiger partial charge on any atom is -0.372 e. The fourth-order valence-electron chi connectivity index (χ4n) is 1.33. The first-order chi connectivity index (χ1) is 7.33. The molecule has 2 N–H and O–H groups in total. The van der Waals surface area contributed by atoms with E-state index in [9.17, 15) is 13.2 Å². The van der Waals surface area contributed by atoms with E-state index in [4.69, 9.17) is 10.5 Å². The van der Waals surface area contributed by atoms with Crippen molar-refractivity contribution in [3.63, 3.8) is 0 Å². The van der Waals surface area contributed by atoms with Crippen LogP contribution in [0.2, 0.25) is 0 Å². The fourth-order valence-corrected chi connectivity index (χ4v) is 1.33. The zero-order valence-corrected chi connectivity index (χ0v) is 9.14. The maximum atomic E-state index is 12.3. The average Bonchev–Trinajstić information content (AvgIpc) is 2.27. The number of benzene rings is 1. The number of methoxy groups -OCH3 is 1. The summed E-state index contributed by atoms with van der Waals surface area (Å²) in [4.78, 5) is 0. The van der Waals surface area contributed by atoms with E-state index >= 15 is 0 Å². The molecule has 1 rings (SSSR count). The van der Waals surface area contributed by atoms with E-state index in [0.717, 1.165) is 12.1 Å². The van der Waals surface area contributed by atoms with Crippen LogP contribution in [0.5, 0.6) is 0 Å². The number of halogens is 3. The van der Waals surface area contributed by atoms with Gasteiger partial charge in [0.05, 0.1) is 5.56 Å². The summed E-state index contributed by atoms with van der Waals surface area (Å²) in [6.45, 7) is 1.93. The van der Waals surface area contributed by atoms with Crippen molar-refractivity contribution >= 4 is 0 Å². The van der Waals surface area contributed by atoms with E-state index in [-0.39, 0.29) is 6.54 Å². The second kappa shape index (κ2) is 4.43. The Morgan fingerprint density at radius 2 is 1.56 bits per heavy atom. The van der Waals surface area contributed by atoms with Crippen molar-refractivity contribution in [2.24, 2.45) is 5.73 Å². The molecule has 0 fully saturated rings. The number of hydrogen-bond acceptors (Lipinski definition) is 2. The number of hydrogen-bond donors (Lipinski definition) is 1. The number of rotatable bonds is 3. The smallest absolute Gasteiger partial charge is 0.372 e. The van der Waals surface area contributed by atoms with Crippen LogP contribution in [-0.4, -0.2) is 13.7 Å². The lowest BCUT2D eigenvalue weighted by molar-refractivity contribution is -0.137. The van der Waals surface area contributed by atoms with Gasteiger partial charge in [-0.3, -0.25) is 0 Å². The van der Waals surface area contributed by atoms with Crippen LogP contribution in [0.1, 0.15) is 18.1 Å². The maximum Gasteiger partial charge on any atom is 0.416 e. The van der Waals surface area contributed by atoms with E-state index < -0.39 is 17.3 Å². The van der Waals surface area contributed by atoms with Crippen molar-refractivity contribution in [2.75, 3.05) is 13.7 Å². The van der Waals surface area contributed by atoms with Crippen LogP contribution in [-0.2, 0) is 16.5 Å². The highest BCUT2D eigenvalue weighted by Crippen LogP contribution is 2.31. The third-order valence-corrected chi connectivity index (χ3v) is 2.66. The Morgan fingerprint density at radius 1 is 1.12 bits per heavy atom. The lowest BCUT2D eigenvalue weighted by Gasteiger charge is -2.27. The van der Waals surface area contributed by atoms with Gasteiger partial charge in [-0.1, -0.05) is 12.1 Å². The second-order valence-corrected chi connectivity index (χ2v) is 3.71. The van der Waals surface area contributed by atoms with Gasteiger partial charge in [0.25, 0.3) is 0 Å². The molecule has 5 heteroatoms. The minimum absolute atomic E-state index is 0.203. The molecule has 90 valence electrons. The van der Waals surface area contributed by atoms with Crippen LogP contribution in [0.25, 0.3) is 0 Å². The van der Waals surface area contributed by atoms with Crippen molar-refractivity contribution in [3.8, 4) is 0 Å². The van der Waals surface area contributed by atoms with Gasteiger partial charge in [-0.05, 0) is 24.6 Å². The van der Waals surface area contributed by atoms with Gasteiger partial charge in [-0.25, -0.2) is 0 Å². The number of alkyl halides is 3. The van der Waals surface area contributed by atoms with E-state index in [0.29, 0.717) is 5.56 Å². The molecule has 0 radical (unpaired) electrons. The van der Waals surface area contributed by atoms with Crippen LogP contribution in [0.3, 0.4) is 0 Å². The van der Waals surface area contributed by atoms with Crippen LogP contribution in [0, 0.1) is 0 Å². The highest BCUT2D eigenvalue weighted by Gasteiger charge is 2.31. The minimum atomic E-state index is -4.31. The Morgan fingerprint density at radius 3 is 1.88 bits per heavy atom. The van der Waals surface area contributed by atoms with Crippen LogP contribution >= 0.6 is 0 Å². The van der Waals surface area contributed by atoms with E-state index in [1.54, 1.807) is 6.92 Å². The van der Waals surface area contributed by atoms with E-state index in [1.807, 2.05) is 0 Å². The van der Waals surface area contributed by atoms with Crippen molar-refractivity contribution in [3.05, 3.63) is 35.4 Å². The Kier molecular flexibility index (Phi) is 3.60. The summed E-state index contributed by atoms with van der Waals surface area (Å²) >= 11 is 0. The Hall–Kier alpha value is -1.07. The molecule has 1 unspecified atom stereocenters. The zero-order chi connectivity index (χ0) is 12.4. The van der Waals surface area contributed by atoms with Gasteiger partial charge < -0.3 is 10.5 Å². The summed E-state index contributed by atoms with van der Waals surface area (Å²) in [6, 6.07) is 4.84. The molecule has 16 heavy (non-hydrogen) atoms. The fraction of sp³-hybridized carbons (Fsp3) is 0.455. The molecule has 0 amide bonds. The molecule has 0 aliphatic heterocycles. The first-order valence-corrected chi connectivity index (χ1v) is 4.76. The van der Waals surface area contributed by atoms with Crippen LogP contribution < -0.4 is 5.73 Å². The molecule has 0 spiro atoms. The molecule has 0 heterocycles. The van der Waals surface area contributed by atoms with Gasteiger partial charge in [-0.15, -0.1) is 0 Å². The molecular weight excluding hydrogens is 219 g/mol. The Labute approximate surface area is 92.2 Å². The molecular formula is C11H14F3NO. The quantitative estimate of drug-likeness (QED) is 0.870. The van der Waals surface area contributed by atoms with Gasteiger partial charge >= 0.3 is 6.18 Å². The predicted molar refractivity (Wildman–Crippen MR) is 54.9 cm³/mol. The topological polar surface area (TPSA) is 35.2 Å². The zero-order valence-electron chi connectivity index (χ0n) is 9.14. The highest BCUT2D eigenvalue weighted by atomic mass is 19.4. The summed E-state index contributed by atoms with van der Waals surface area (Å²) in [7, 11) is 1.48. The summed E-state index contributed by atoms with van der Waals surface area (Å²) in [5.41, 5.74) is 4.74. The molecule has 0 aromatic heterocycles. The standard InChI is InChI=1S/C11H14F3NO/c1-10(7-15,16-2)8-3-5-9(6-4-8)11(12,13)14/h3-6H,7,15H2,1-2H3. The van der Waals surface area contributed by atoms with Crippen molar-refractivity contribution < 1.29 is 17.9 Å². The first-order valence-electron chi connectivity index (χ1n) is 4.76. The summed E-state index contributed by atoms with van der Waals surface area (Å²) in [5, 5.41) is 0. The third-order valence-electron chi connectivity index (χ3n) is 2.66. The monoisotopic (exact) mass is 233 g/mol. The Balaban J connectivity index is 3.04. The molecule has 0 aliphatic rings. The largest absolute Gasteiger partial charge is 0.416 e. The van der Waals surface area contributed by atoms with Crippen molar-refractivity contribution in [1.82, 2.24) is 0 Å². The Bertz CT molecular complexity index is 341. The van der Waals surface area contributed by atoms with Crippen molar-refractivity contribution in [1.29, 1.82) is 0 Å². The normalized spacial score (nSPS) is 15.9. The summed E-state index contributed by atoms with van der Waals surface area (Å²) in [6.07, 6.45) is -4.31. The lowest BCUT2D eigenvalue weighted by atomic mass is 9.95. The molecule has 1 aromatic rings. The predicted octanol–water partition coefficient (Wildman–Crippen LogP) is 2.53. The molecule has 1 atom stereocenters. The molecule has 0 aliphatic carbocycles. The molecule has 2 nitrogen and oxygen atoms in total. The summed E-state index contributed by atoms with van der Waals surface area (Å²) < 4.78 is 42.2. The average molecular weight is 233 g/mol. The second-order valence-electron chi connectivity index (χ2n) is 3.71. The van der Waals surface area contributed by atoms with Gasteiger partial charge in [-0.2, -0.15) is 13.2 Å². The summed E-state index contributed by atoms with van der Waals surface area (Å²) in [5.74, 6) is 0. The maximum absolute atomic E-state index is 12.3. The van der Waals surface area contributed by atoms with Gasteiger partial charge in [0.2, 0.25) is 0 Å². The SMILES string of the molecule is COC(C)(CN)c1ccc(C(F)(F)F)cc1. The van der Waals surface area contributed by atoms with Crippen LogP contribution in [0.4, 0.5) is 13.2 Å². The molecule has 0 saturated carbocycles. The highest BCUT2D eigenvalue weighted by molar-refractivity contribution is 5.28. The van der Waals surface area contributed by atoms with Crippen molar-refractivity contribution in [2.45, 2.75) is 18.7 Å². The van der Waals surface area contributed by atoms with Gasteiger partial charge in [0, 0.05) is 13.7 Å². The molecule has 1 aromatic carbocycles. The first kappa shape index (κ1) is 13.0. The van der Waals surface area contributed by atoms with E-state index in [2.05, 4.69) is 0 Å². The van der Waals surface area contributed by atoms with Crippen LogP contribution in [0.15, 0.2) is 24.3 Å². The number of ether oxygens (including phenoxy) is 1. The lowest BCUT2D eigenvalue weighted by Crippen LogP contribution is -2.33. The van der Waals surface area contributed by atoms with Gasteiger partial charge in [0.15, 0.2) is 0 Å². The molecule has 0 saturated heterocycles. The van der Waals surface area contributed by atoms with E-state index in [1.165, 1.54) is 19.2 Å². The third kappa shape index (κ3) is 2.54. The number of nitrogens with two attached hydrogens (primary N) is 1.